The van der Waals surface area contributed by atoms with Crippen LogP contribution in [0.25, 0.3) is 0 Å². The van der Waals surface area contributed by atoms with E-state index in [2.05, 4.69) is 10.6 Å². The highest BCUT2D eigenvalue weighted by molar-refractivity contribution is 7.86. The van der Waals surface area contributed by atoms with Gasteiger partial charge in [-0.2, -0.15) is 0 Å². The number of ether oxygens (including phenoxy) is 2. The number of carbonyl (C=O) groups excluding carboxylic acids is 3. The van der Waals surface area contributed by atoms with E-state index < -0.39 is 57.4 Å². The van der Waals surface area contributed by atoms with E-state index in [0.29, 0.717) is 17.2 Å². The van der Waals surface area contributed by atoms with Crippen LogP contribution in [-0.4, -0.2) is 51.8 Å². The lowest BCUT2D eigenvalue weighted by molar-refractivity contribution is -0.126. The Morgan fingerprint density at radius 1 is 1.09 bits per heavy atom. The smallest absolute Gasteiger partial charge is 0.243 e. The van der Waals surface area contributed by atoms with E-state index >= 15 is 0 Å². The van der Waals surface area contributed by atoms with Crippen LogP contribution < -0.4 is 25.0 Å². The van der Waals surface area contributed by atoms with Crippen molar-refractivity contribution >= 4 is 39.9 Å². The molecular formula is C24H28FN3O6S. The Balaban J connectivity index is 1.69. The first-order chi connectivity index (χ1) is 16.4. The number of benzene rings is 2. The summed E-state index contributed by atoms with van der Waals surface area (Å²) in [6.45, 7) is 6.88. The second-order valence-corrected chi connectivity index (χ2v) is 10.4. The minimum Gasteiger partial charge on any atom is -0.454 e. The van der Waals surface area contributed by atoms with Gasteiger partial charge in [0.25, 0.3) is 0 Å². The molecule has 0 aliphatic carbocycles. The van der Waals surface area contributed by atoms with Crippen LogP contribution in [0.1, 0.15) is 27.7 Å². The molecule has 0 bridgehead atoms. The Morgan fingerprint density at radius 2 is 1.77 bits per heavy atom. The maximum Gasteiger partial charge on any atom is 0.243 e. The summed E-state index contributed by atoms with van der Waals surface area (Å²) in [6.07, 6.45) is 0. The molecule has 9 nitrogen and oxygen atoms in total. The lowest BCUT2D eigenvalue weighted by Crippen LogP contribution is -2.54. The Kier molecular flexibility index (Phi) is 8.11. The summed E-state index contributed by atoms with van der Waals surface area (Å²) >= 11 is 0. The molecule has 0 aromatic heterocycles. The number of halogens is 1. The normalized spacial score (nSPS) is 14.1. The Bertz CT molecular complexity index is 1150. The van der Waals surface area contributed by atoms with Crippen molar-refractivity contribution in [2.45, 2.75) is 39.3 Å². The van der Waals surface area contributed by atoms with Crippen LogP contribution in [0.5, 0.6) is 11.5 Å². The minimum atomic E-state index is -1.92. The van der Waals surface area contributed by atoms with Gasteiger partial charge >= 0.3 is 0 Å². The molecule has 0 fully saturated rings. The van der Waals surface area contributed by atoms with Gasteiger partial charge in [-0.3, -0.25) is 23.5 Å². The van der Waals surface area contributed by atoms with E-state index in [1.54, 1.807) is 39.0 Å². The molecule has 35 heavy (non-hydrogen) atoms. The van der Waals surface area contributed by atoms with Crippen molar-refractivity contribution in [1.82, 2.24) is 5.32 Å². The number of carbonyl (C=O) groups is 3. The Morgan fingerprint density at radius 3 is 2.46 bits per heavy atom. The lowest BCUT2D eigenvalue weighted by Gasteiger charge is -2.31. The zero-order valence-electron chi connectivity index (χ0n) is 19.9. The monoisotopic (exact) mass is 505 g/mol. The van der Waals surface area contributed by atoms with Crippen molar-refractivity contribution < 1.29 is 32.5 Å². The SMILES string of the molecule is C[C@H](C(=O)NC(C)(C)C)N(C(=O)C[S@@](=O)CC(=O)Nc1ccc2c(c1)OCO2)c1ccccc1F. The first-order valence-corrected chi connectivity index (χ1v) is 12.4. The fourth-order valence-electron chi connectivity index (χ4n) is 3.37. The van der Waals surface area contributed by atoms with Gasteiger partial charge in [-0.25, -0.2) is 4.39 Å². The van der Waals surface area contributed by atoms with Crippen LogP contribution in [0.4, 0.5) is 15.8 Å². The summed E-state index contributed by atoms with van der Waals surface area (Å²) in [5.41, 5.74) is -0.274. The fourth-order valence-corrected chi connectivity index (χ4v) is 4.25. The molecule has 2 N–H and O–H groups in total. The third-order valence-corrected chi connectivity index (χ3v) is 6.03. The summed E-state index contributed by atoms with van der Waals surface area (Å²) in [4.78, 5) is 39.2. The molecule has 3 amide bonds. The zero-order chi connectivity index (χ0) is 25.8. The Labute approximate surface area is 205 Å². The predicted octanol–water partition coefficient (Wildman–Crippen LogP) is 2.58. The van der Waals surface area contributed by atoms with Crippen LogP contribution in [0.3, 0.4) is 0 Å². The van der Waals surface area contributed by atoms with Gasteiger partial charge in [0.1, 0.15) is 23.4 Å². The summed E-state index contributed by atoms with van der Waals surface area (Å²) in [7, 11) is -1.92. The summed E-state index contributed by atoms with van der Waals surface area (Å²) in [5.74, 6) is -2.55. The first-order valence-electron chi connectivity index (χ1n) is 10.9. The predicted molar refractivity (Wildman–Crippen MR) is 130 cm³/mol. The molecule has 188 valence electrons. The molecule has 0 unspecified atom stereocenters. The highest BCUT2D eigenvalue weighted by atomic mass is 32.2. The van der Waals surface area contributed by atoms with Gasteiger partial charge in [-0.05, 0) is 52.0 Å². The van der Waals surface area contributed by atoms with Gasteiger partial charge in [0, 0.05) is 28.1 Å². The Hall–Kier alpha value is -3.47. The van der Waals surface area contributed by atoms with Gasteiger partial charge < -0.3 is 20.1 Å². The highest BCUT2D eigenvalue weighted by Gasteiger charge is 2.32. The molecule has 1 heterocycles. The second kappa shape index (κ2) is 10.9. The van der Waals surface area contributed by atoms with Gasteiger partial charge in [0.05, 0.1) is 5.69 Å². The van der Waals surface area contributed by atoms with Crippen LogP contribution in [-0.2, 0) is 25.2 Å². The third kappa shape index (κ3) is 7.01. The average molecular weight is 506 g/mol. The zero-order valence-corrected chi connectivity index (χ0v) is 20.7. The quantitative estimate of drug-likeness (QED) is 0.570. The van der Waals surface area contributed by atoms with Crippen molar-refractivity contribution in [2.24, 2.45) is 0 Å². The van der Waals surface area contributed by atoms with Crippen molar-refractivity contribution in [2.75, 3.05) is 28.5 Å². The minimum absolute atomic E-state index is 0.0869. The second-order valence-electron chi connectivity index (χ2n) is 8.98. The molecule has 0 spiro atoms. The van der Waals surface area contributed by atoms with Gasteiger partial charge in [0.15, 0.2) is 11.5 Å². The number of rotatable bonds is 8. The summed E-state index contributed by atoms with van der Waals surface area (Å²) < 4.78 is 37.7. The van der Waals surface area contributed by atoms with E-state index in [0.717, 1.165) is 4.90 Å². The van der Waals surface area contributed by atoms with E-state index in [4.69, 9.17) is 9.47 Å². The summed E-state index contributed by atoms with van der Waals surface area (Å²) in [5, 5.41) is 5.36. The number of amides is 3. The van der Waals surface area contributed by atoms with E-state index in [-0.39, 0.29) is 12.5 Å². The summed E-state index contributed by atoms with van der Waals surface area (Å²) in [6, 6.07) is 9.25. The number of anilines is 2. The van der Waals surface area contributed by atoms with Crippen LogP contribution in [0.2, 0.25) is 0 Å². The molecule has 0 saturated carbocycles. The van der Waals surface area contributed by atoms with Crippen LogP contribution in [0.15, 0.2) is 42.5 Å². The number of nitrogens with one attached hydrogen (secondary N) is 2. The maximum absolute atomic E-state index is 14.6. The van der Waals surface area contributed by atoms with Gasteiger partial charge in [-0.1, -0.05) is 12.1 Å². The number of nitrogens with zero attached hydrogens (tertiary/aromatic N) is 1. The maximum atomic E-state index is 14.6. The van der Waals surface area contributed by atoms with E-state index in [9.17, 15) is 23.0 Å². The number of hydrogen-bond donors (Lipinski definition) is 2. The first kappa shape index (κ1) is 26.1. The van der Waals surface area contributed by atoms with Crippen molar-refractivity contribution in [3.8, 4) is 11.5 Å². The molecule has 0 saturated heterocycles. The molecule has 3 rings (SSSR count). The van der Waals surface area contributed by atoms with E-state index in [1.165, 1.54) is 31.2 Å². The van der Waals surface area contributed by atoms with Gasteiger partial charge in [0.2, 0.25) is 24.5 Å². The van der Waals surface area contributed by atoms with Crippen LogP contribution in [0, 0.1) is 5.82 Å². The standard InChI is InChI=1S/C24H28FN3O6S/c1-15(23(31)27-24(2,3)4)28(18-8-6-5-7-17(18)25)22(30)13-35(32)12-21(29)26-16-9-10-19-20(11-16)34-14-33-19/h5-11,15H,12-14H2,1-4H3,(H,26,29)(H,27,31)/t15-,35+/m1/s1. The number of fused-ring (bicyclic) bond motifs is 1. The average Bonchev–Trinajstić information content (AvgIpc) is 3.21. The topological polar surface area (TPSA) is 114 Å². The van der Waals surface area contributed by atoms with E-state index in [1.807, 2.05) is 0 Å². The van der Waals surface area contributed by atoms with Crippen molar-refractivity contribution in [3.05, 3.63) is 48.3 Å². The molecule has 2 aromatic rings. The fraction of sp³-hybridized carbons (Fsp3) is 0.375. The van der Waals surface area contributed by atoms with Crippen molar-refractivity contribution in [3.63, 3.8) is 0 Å². The van der Waals surface area contributed by atoms with Gasteiger partial charge in [-0.15, -0.1) is 0 Å². The van der Waals surface area contributed by atoms with Crippen LogP contribution >= 0.6 is 0 Å². The third-order valence-electron chi connectivity index (χ3n) is 4.88. The molecular weight excluding hydrogens is 477 g/mol. The molecule has 0 radical (unpaired) electrons. The molecule has 2 atom stereocenters. The largest absolute Gasteiger partial charge is 0.454 e. The lowest BCUT2D eigenvalue weighted by atomic mass is 10.1. The highest BCUT2D eigenvalue weighted by Crippen LogP contribution is 2.34. The molecule has 11 heteroatoms. The number of para-hydroxylation sites is 1. The molecule has 1 aliphatic heterocycles. The molecule has 1 aliphatic rings. The number of hydrogen-bond acceptors (Lipinski definition) is 6. The molecule has 2 aromatic carbocycles. The van der Waals surface area contributed by atoms with Crippen molar-refractivity contribution in [1.29, 1.82) is 0 Å².